The first-order valence-electron chi connectivity index (χ1n) is 5.97. The number of ketones is 1. The molecular weight excluding hydrogens is 198 g/mol. The first kappa shape index (κ1) is 11.3. The predicted octanol–water partition coefficient (Wildman–Crippen LogP) is 2.61. The number of hydrogen-bond donors (Lipinski definition) is 1. The summed E-state index contributed by atoms with van der Waals surface area (Å²) in [6, 6.07) is 5.99. The van der Waals surface area contributed by atoms with E-state index >= 15 is 0 Å². The number of hydrogen-bond acceptors (Lipinski definition) is 2. The molecule has 1 fully saturated rings. The van der Waals surface area contributed by atoms with Gasteiger partial charge in [0, 0.05) is 17.5 Å². The summed E-state index contributed by atoms with van der Waals surface area (Å²) in [5, 5.41) is 0. The molecule has 2 heteroatoms. The van der Waals surface area contributed by atoms with Gasteiger partial charge in [-0.1, -0.05) is 24.6 Å². The van der Waals surface area contributed by atoms with E-state index in [4.69, 9.17) is 5.73 Å². The van der Waals surface area contributed by atoms with Gasteiger partial charge >= 0.3 is 0 Å². The van der Waals surface area contributed by atoms with Crippen molar-refractivity contribution in [3.63, 3.8) is 0 Å². The van der Waals surface area contributed by atoms with Gasteiger partial charge in [-0.2, -0.15) is 0 Å². The summed E-state index contributed by atoms with van der Waals surface area (Å²) in [4.78, 5) is 12.4. The Bertz CT molecular complexity index is 411. The molecule has 1 aromatic carbocycles. The summed E-state index contributed by atoms with van der Waals surface area (Å²) < 4.78 is 0. The minimum absolute atomic E-state index is 0.0421. The molecule has 16 heavy (non-hydrogen) atoms. The van der Waals surface area contributed by atoms with Crippen LogP contribution in [-0.2, 0) is 0 Å². The summed E-state index contributed by atoms with van der Waals surface area (Å²) in [5.74, 6) is 0.284. The summed E-state index contributed by atoms with van der Waals surface area (Å²) in [6.45, 7) is 4.06. The van der Waals surface area contributed by atoms with Crippen LogP contribution in [0.1, 0.15) is 40.7 Å². The van der Waals surface area contributed by atoms with E-state index in [9.17, 15) is 4.79 Å². The molecule has 0 bridgehead atoms. The number of rotatable bonds is 2. The van der Waals surface area contributed by atoms with E-state index in [-0.39, 0.29) is 17.7 Å². The van der Waals surface area contributed by atoms with Crippen LogP contribution in [0.3, 0.4) is 0 Å². The largest absolute Gasteiger partial charge is 0.327 e. The fraction of sp³-hybridized carbons (Fsp3) is 0.500. The topological polar surface area (TPSA) is 43.1 Å². The second-order valence-electron chi connectivity index (χ2n) is 4.81. The number of benzene rings is 1. The Kier molecular flexibility index (Phi) is 3.10. The van der Waals surface area contributed by atoms with Crippen LogP contribution in [0, 0.1) is 19.8 Å². The number of carbonyl (C=O) groups excluding carboxylic acids is 1. The van der Waals surface area contributed by atoms with Crippen LogP contribution in [-0.4, -0.2) is 11.8 Å². The highest BCUT2D eigenvalue weighted by atomic mass is 16.1. The molecule has 86 valence electrons. The summed E-state index contributed by atoms with van der Waals surface area (Å²) in [5.41, 5.74) is 9.13. The molecule has 1 aliphatic carbocycles. The normalized spacial score (nSPS) is 24.7. The summed E-state index contributed by atoms with van der Waals surface area (Å²) in [6.07, 6.45) is 3.02. The fourth-order valence-corrected chi connectivity index (χ4v) is 2.53. The predicted molar refractivity (Wildman–Crippen MR) is 65.6 cm³/mol. The van der Waals surface area contributed by atoms with Crippen LogP contribution < -0.4 is 5.73 Å². The second kappa shape index (κ2) is 4.38. The standard InChI is InChI=1S/C14H19NO/c1-9-5-3-6-11(10(9)2)14(16)12-7-4-8-13(12)15/h3,5-6,12-13H,4,7-8,15H2,1-2H3. The zero-order valence-corrected chi connectivity index (χ0v) is 9.99. The zero-order valence-electron chi connectivity index (χ0n) is 9.99. The maximum Gasteiger partial charge on any atom is 0.167 e. The van der Waals surface area contributed by atoms with Crippen LogP contribution >= 0.6 is 0 Å². The molecule has 0 spiro atoms. The maximum absolute atomic E-state index is 12.4. The highest BCUT2D eigenvalue weighted by Crippen LogP contribution is 2.28. The van der Waals surface area contributed by atoms with Crippen LogP contribution in [0.5, 0.6) is 0 Å². The van der Waals surface area contributed by atoms with Crippen molar-refractivity contribution in [1.29, 1.82) is 0 Å². The Morgan fingerprint density at radius 2 is 2.06 bits per heavy atom. The van der Waals surface area contributed by atoms with Crippen molar-refractivity contribution in [1.82, 2.24) is 0 Å². The minimum atomic E-state index is 0.0421. The average Bonchev–Trinajstić information content (AvgIpc) is 2.68. The maximum atomic E-state index is 12.4. The van der Waals surface area contributed by atoms with Gasteiger partial charge in [0.15, 0.2) is 5.78 Å². The number of carbonyl (C=O) groups is 1. The molecule has 2 N–H and O–H groups in total. The molecule has 2 nitrogen and oxygen atoms in total. The van der Waals surface area contributed by atoms with Crippen molar-refractivity contribution in [2.45, 2.75) is 39.2 Å². The third-order valence-electron chi connectivity index (χ3n) is 3.78. The Morgan fingerprint density at radius 3 is 2.69 bits per heavy atom. The van der Waals surface area contributed by atoms with Gasteiger partial charge in [0.1, 0.15) is 0 Å². The van der Waals surface area contributed by atoms with Gasteiger partial charge < -0.3 is 5.73 Å². The molecule has 1 saturated carbocycles. The molecule has 2 unspecified atom stereocenters. The van der Waals surface area contributed by atoms with Gasteiger partial charge in [0.05, 0.1) is 0 Å². The summed E-state index contributed by atoms with van der Waals surface area (Å²) in [7, 11) is 0. The molecule has 0 aromatic heterocycles. The van der Waals surface area contributed by atoms with E-state index < -0.39 is 0 Å². The van der Waals surface area contributed by atoms with E-state index in [1.165, 1.54) is 5.56 Å². The van der Waals surface area contributed by atoms with E-state index in [1.807, 2.05) is 32.0 Å². The lowest BCUT2D eigenvalue weighted by molar-refractivity contribution is 0.0912. The lowest BCUT2D eigenvalue weighted by Crippen LogP contribution is -2.31. The van der Waals surface area contributed by atoms with Crippen molar-refractivity contribution >= 4 is 5.78 Å². The number of nitrogens with two attached hydrogens (primary N) is 1. The van der Waals surface area contributed by atoms with Crippen molar-refractivity contribution < 1.29 is 4.79 Å². The molecule has 2 rings (SSSR count). The second-order valence-corrected chi connectivity index (χ2v) is 4.81. The lowest BCUT2D eigenvalue weighted by Gasteiger charge is -2.16. The first-order valence-corrected chi connectivity index (χ1v) is 5.97. The van der Waals surface area contributed by atoms with Gasteiger partial charge in [-0.3, -0.25) is 4.79 Å². The van der Waals surface area contributed by atoms with Gasteiger partial charge in [-0.15, -0.1) is 0 Å². The van der Waals surface area contributed by atoms with Crippen LogP contribution in [0.2, 0.25) is 0 Å². The molecule has 0 amide bonds. The number of aryl methyl sites for hydroxylation is 1. The summed E-state index contributed by atoms with van der Waals surface area (Å²) >= 11 is 0. The minimum Gasteiger partial charge on any atom is -0.327 e. The van der Waals surface area contributed by atoms with Gasteiger partial charge in [-0.05, 0) is 37.8 Å². The highest BCUT2D eigenvalue weighted by Gasteiger charge is 2.31. The smallest absolute Gasteiger partial charge is 0.167 e. The Hall–Kier alpha value is -1.15. The molecule has 1 aliphatic rings. The van der Waals surface area contributed by atoms with E-state index in [0.717, 1.165) is 30.4 Å². The molecule has 0 aliphatic heterocycles. The van der Waals surface area contributed by atoms with E-state index in [1.54, 1.807) is 0 Å². The SMILES string of the molecule is Cc1cccc(C(=O)C2CCCC2N)c1C. The Morgan fingerprint density at radius 1 is 1.31 bits per heavy atom. The molecule has 1 aromatic rings. The van der Waals surface area contributed by atoms with Gasteiger partial charge in [0.25, 0.3) is 0 Å². The van der Waals surface area contributed by atoms with Crippen LogP contribution in [0.25, 0.3) is 0 Å². The van der Waals surface area contributed by atoms with Crippen molar-refractivity contribution in [3.8, 4) is 0 Å². The van der Waals surface area contributed by atoms with Gasteiger partial charge in [0.2, 0.25) is 0 Å². The molecule has 0 radical (unpaired) electrons. The molecule has 0 saturated heterocycles. The first-order chi connectivity index (χ1) is 7.61. The van der Waals surface area contributed by atoms with Crippen molar-refractivity contribution in [2.75, 3.05) is 0 Å². The average molecular weight is 217 g/mol. The Balaban J connectivity index is 2.30. The number of Topliss-reactive ketones (excluding diaryl/α,β-unsaturated/α-hetero) is 1. The molecule has 2 atom stereocenters. The van der Waals surface area contributed by atoms with Crippen LogP contribution in [0.15, 0.2) is 18.2 Å². The zero-order chi connectivity index (χ0) is 11.7. The third kappa shape index (κ3) is 1.90. The molecular formula is C14H19NO. The Labute approximate surface area is 96.8 Å². The van der Waals surface area contributed by atoms with E-state index in [2.05, 4.69) is 0 Å². The fourth-order valence-electron chi connectivity index (χ4n) is 2.53. The van der Waals surface area contributed by atoms with Crippen LogP contribution in [0.4, 0.5) is 0 Å². The molecule has 0 heterocycles. The quantitative estimate of drug-likeness (QED) is 0.774. The lowest BCUT2D eigenvalue weighted by atomic mass is 9.90. The monoisotopic (exact) mass is 217 g/mol. The highest BCUT2D eigenvalue weighted by molar-refractivity contribution is 6.00. The third-order valence-corrected chi connectivity index (χ3v) is 3.78. The van der Waals surface area contributed by atoms with Crippen molar-refractivity contribution in [3.05, 3.63) is 34.9 Å². The van der Waals surface area contributed by atoms with E-state index in [0.29, 0.717) is 0 Å². The van der Waals surface area contributed by atoms with Gasteiger partial charge in [-0.25, -0.2) is 0 Å². The van der Waals surface area contributed by atoms with Crippen molar-refractivity contribution in [2.24, 2.45) is 11.7 Å².